The molecular weight excluding hydrogens is 322 g/mol. The average Bonchev–Trinajstić information content (AvgIpc) is 3.05. The molecule has 6 heteroatoms. The molecule has 22 heavy (non-hydrogen) atoms. The van der Waals surface area contributed by atoms with Crippen molar-refractivity contribution in [3.05, 3.63) is 51.7 Å². The van der Waals surface area contributed by atoms with Crippen molar-refractivity contribution in [3.63, 3.8) is 0 Å². The Balaban J connectivity index is 1.60. The molecule has 0 saturated carbocycles. The zero-order valence-electron chi connectivity index (χ0n) is 11.8. The molecule has 1 saturated heterocycles. The molecule has 1 aliphatic heterocycles. The van der Waals surface area contributed by atoms with Crippen LogP contribution in [-0.2, 0) is 0 Å². The summed E-state index contributed by atoms with van der Waals surface area (Å²) >= 11 is 7.33. The number of hydrogen-bond donors (Lipinski definition) is 1. The lowest BCUT2D eigenvalue weighted by atomic mass is 10.0. The Bertz CT molecular complexity index is 629. The van der Waals surface area contributed by atoms with E-state index in [4.69, 9.17) is 16.3 Å². The van der Waals surface area contributed by atoms with Crippen molar-refractivity contribution in [1.29, 1.82) is 0 Å². The number of ether oxygens (including phenoxy) is 1. The van der Waals surface area contributed by atoms with E-state index in [1.54, 1.807) is 35.2 Å². The molecule has 1 amide bonds. The van der Waals surface area contributed by atoms with Gasteiger partial charge in [-0.25, -0.2) is 0 Å². The summed E-state index contributed by atoms with van der Waals surface area (Å²) in [5.41, 5.74) is 0.675. The lowest BCUT2D eigenvalue weighted by Crippen LogP contribution is -2.50. The van der Waals surface area contributed by atoms with Gasteiger partial charge in [0.1, 0.15) is 18.0 Å². The van der Waals surface area contributed by atoms with Gasteiger partial charge in [-0.2, -0.15) is 11.3 Å². The number of nitrogens with zero attached hydrogens (tertiary/aromatic N) is 1. The molecule has 1 aromatic carbocycles. The van der Waals surface area contributed by atoms with Crippen LogP contribution >= 0.6 is 22.9 Å². The number of aliphatic hydroxyl groups is 1. The highest BCUT2D eigenvalue weighted by Gasteiger charge is 2.32. The van der Waals surface area contributed by atoms with Gasteiger partial charge in [-0.05, 0) is 35.7 Å². The van der Waals surface area contributed by atoms with Gasteiger partial charge in [-0.15, -0.1) is 0 Å². The van der Waals surface area contributed by atoms with Gasteiger partial charge < -0.3 is 14.7 Å². The molecule has 0 radical (unpaired) electrons. The zero-order valence-corrected chi connectivity index (χ0v) is 13.4. The number of carbonyl (C=O) groups excluding carboxylic acids is 1. The molecule has 2 atom stereocenters. The van der Waals surface area contributed by atoms with Gasteiger partial charge in [-0.3, -0.25) is 4.79 Å². The van der Waals surface area contributed by atoms with Crippen LogP contribution in [-0.4, -0.2) is 41.2 Å². The SMILES string of the molecule is O=C(c1ccsc1)N1CC[C@@H](Oc2ccc(Cl)cc2)[C@H](O)C1. The fraction of sp³-hybridized carbons (Fsp3) is 0.312. The first-order chi connectivity index (χ1) is 10.6. The summed E-state index contributed by atoms with van der Waals surface area (Å²) in [7, 11) is 0. The first kappa shape index (κ1) is 15.3. The summed E-state index contributed by atoms with van der Waals surface area (Å²) in [6.07, 6.45) is -0.417. The average molecular weight is 338 g/mol. The molecule has 0 aliphatic carbocycles. The fourth-order valence-corrected chi connectivity index (χ4v) is 3.24. The largest absolute Gasteiger partial charge is 0.488 e. The minimum atomic E-state index is -0.702. The number of likely N-dealkylation sites (tertiary alicyclic amines) is 1. The van der Waals surface area contributed by atoms with Gasteiger partial charge in [0.15, 0.2) is 0 Å². The predicted molar refractivity (Wildman–Crippen MR) is 86.7 cm³/mol. The molecule has 3 rings (SSSR count). The van der Waals surface area contributed by atoms with E-state index in [-0.39, 0.29) is 18.6 Å². The molecule has 1 fully saturated rings. The van der Waals surface area contributed by atoms with E-state index in [1.165, 1.54) is 11.3 Å². The molecule has 0 bridgehead atoms. The first-order valence-corrected chi connectivity index (χ1v) is 8.37. The van der Waals surface area contributed by atoms with Gasteiger partial charge in [-0.1, -0.05) is 11.6 Å². The van der Waals surface area contributed by atoms with Crippen LogP contribution in [0.2, 0.25) is 5.02 Å². The first-order valence-electron chi connectivity index (χ1n) is 7.05. The van der Waals surface area contributed by atoms with Crippen LogP contribution < -0.4 is 4.74 Å². The van der Waals surface area contributed by atoms with Crippen molar-refractivity contribution < 1.29 is 14.6 Å². The van der Waals surface area contributed by atoms with Crippen molar-refractivity contribution in [2.75, 3.05) is 13.1 Å². The van der Waals surface area contributed by atoms with E-state index in [0.29, 0.717) is 29.3 Å². The van der Waals surface area contributed by atoms with E-state index in [0.717, 1.165) is 0 Å². The highest BCUT2D eigenvalue weighted by atomic mass is 35.5. The summed E-state index contributed by atoms with van der Waals surface area (Å²) in [4.78, 5) is 13.9. The Kier molecular flexibility index (Phi) is 4.66. The second kappa shape index (κ2) is 6.69. The number of piperidine rings is 1. The van der Waals surface area contributed by atoms with Gasteiger partial charge in [0.2, 0.25) is 0 Å². The Hall–Kier alpha value is -1.56. The highest BCUT2D eigenvalue weighted by molar-refractivity contribution is 7.08. The van der Waals surface area contributed by atoms with Crippen molar-refractivity contribution in [3.8, 4) is 5.75 Å². The van der Waals surface area contributed by atoms with Crippen LogP contribution in [0.1, 0.15) is 16.8 Å². The standard InChI is InChI=1S/C16H16ClNO3S/c17-12-1-3-13(4-2-12)21-15-5-7-18(9-14(15)19)16(20)11-6-8-22-10-11/h1-4,6,8,10,14-15,19H,5,7,9H2/t14-,15-/m1/s1. The van der Waals surface area contributed by atoms with Crippen molar-refractivity contribution in [1.82, 2.24) is 4.90 Å². The summed E-state index contributed by atoms with van der Waals surface area (Å²) in [5.74, 6) is 0.635. The Morgan fingerprint density at radius 1 is 1.32 bits per heavy atom. The van der Waals surface area contributed by atoms with Crippen LogP contribution in [0.15, 0.2) is 41.1 Å². The molecule has 0 unspecified atom stereocenters. The van der Waals surface area contributed by atoms with Crippen LogP contribution in [0.3, 0.4) is 0 Å². The minimum Gasteiger partial charge on any atom is -0.488 e. The number of halogens is 1. The van der Waals surface area contributed by atoms with E-state index < -0.39 is 6.10 Å². The van der Waals surface area contributed by atoms with E-state index in [9.17, 15) is 9.90 Å². The summed E-state index contributed by atoms with van der Waals surface area (Å²) in [5, 5.41) is 14.6. The van der Waals surface area contributed by atoms with Crippen molar-refractivity contribution in [2.45, 2.75) is 18.6 Å². The second-order valence-corrected chi connectivity index (χ2v) is 6.45. The number of hydrogen-bond acceptors (Lipinski definition) is 4. The minimum absolute atomic E-state index is 0.0368. The fourth-order valence-electron chi connectivity index (χ4n) is 2.49. The monoisotopic (exact) mass is 337 g/mol. The maximum atomic E-state index is 12.3. The van der Waals surface area contributed by atoms with Crippen LogP contribution in [0, 0.1) is 0 Å². The molecule has 0 spiro atoms. The van der Waals surface area contributed by atoms with Gasteiger partial charge in [0.25, 0.3) is 5.91 Å². The molecule has 1 aromatic heterocycles. The molecule has 1 N–H and O–H groups in total. The lowest BCUT2D eigenvalue weighted by molar-refractivity contribution is -0.0198. The molecule has 2 heterocycles. The molecule has 116 valence electrons. The third kappa shape index (κ3) is 3.43. The van der Waals surface area contributed by atoms with Gasteiger partial charge in [0.05, 0.1) is 12.1 Å². The summed E-state index contributed by atoms with van der Waals surface area (Å²) in [6.45, 7) is 0.858. The van der Waals surface area contributed by atoms with Crippen molar-refractivity contribution in [2.24, 2.45) is 0 Å². The van der Waals surface area contributed by atoms with Crippen LogP contribution in [0.5, 0.6) is 5.75 Å². The van der Waals surface area contributed by atoms with Gasteiger partial charge in [0, 0.05) is 23.4 Å². The smallest absolute Gasteiger partial charge is 0.254 e. The molecular formula is C16H16ClNO3S. The third-order valence-electron chi connectivity index (χ3n) is 3.68. The highest BCUT2D eigenvalue weighted by Crippen LogP contribution is 2.22. The molecule has 1 aliphatic rings. The molecule has 2 aromatic rings. The lowest BCUT2D eigenvalue weighted by Gasteiger charge is -2.35. The number of thiophene rings is 1. The Morgan fingerprint density at radius 2 is 2.09 bits per heavy atom. The predicted octanol–water partition coefficient (Wildman–Crippen LogP) is 3.06. The topological polar surface area (TPSA) is 49.8 Å². The van der Waals surface area contributed by atoms with Crippen LogP contribution in [0.4, 0.5) is 0 Å². The summed E-state index contributed by atoms with van der Waals surface area (Å²) < 4.78 is 5.80. The van der Waals surface area contributed by atoms with Crippen LogP contribution in [0.25, 0.3) is 0 Å². The Morgan fingerprint density at radius 3 is 2.73 bits per heavy atom. The maximum Gasteiger partial charge on any atom is 0.254 e. The molecule has 4 nitrogen and oxygen atoms in total. The Labute approximate surface area is 137 Å². The van der Waals surface area contributed by atoms with Crippen molar-refractivity contribution >= 4 is 28.8 Å². The van der Waals surface area contributed by atoms with E-state index in [2.05, 4.69) is 0 Å². The van der Waals surface area contributed by atoms with E-state index >= 15 is 0 Å². The normalized spacial score (nSPS) is 21.6. The second-order valence-electron chi connectivity index (χ2n) is 5.23. The van der Waals surface area contributed by atoms with E-state index in [1.807, 2.05) is 10.8 Å². The maximum absolute atomic E-state index is 12.3. The summed E-state index contributed by atoms with van der Waals surface area (Å²) in [6, 6.07) is 8.85. The third-order valence-corrected chi connectivity index (χ3v) is 4.61. The number of β-amino-alcohol motifs (C(OH)–C–C–N with tert-alkyl or cyclic N) is 1. The van der Waals surface area contributed by atoms with Gasteiger partial charge >= 0.3 is 0 Å². The number of aliphatic hydroxyl groups excluding tert-OH is 1. The number of carbonyl (C=O) groups is 1. The zero-order chi connectivity index (χ0) is 15.5. The number of benzene rings is 1. The number of amides is 1. The quantitative estimate of drug-likeness (QED) is 0.936. The number of rotatable bonds is 3.